The van der Waals surface area contributed by atoms with Crippen molar-refractivity contribution < 1.29 is 27.5 Å². The predicted octanol–water partition coefficient (Wildman–Crippen LogP) is 2.32. The van der Waals surface area contributed by atoms with Crippen LogP contribution in [-0.4, -0.2) is 62.5 Å². The summed E-state index contributed by atoms with van der Waals surface area (Å²) in [6.45, 7) is 3.29. The average molecular weight is 418 g/mol. The van der Waals surface area contributed by atoms with E-state index in [1.54, 1.807) is 6.07 Å². The highest BCUT2D eigenvalue weighted by atomic mass is 35.5. The Balaban J connectivity index is 2.09. The fourth-order valence-electron chi connectivity index (χ4n) is 3.12. The highest BCUT2D eigenvalue weighted by Crippen LogP contribution is 2.24. The minimum Gasteiger partial charge on any atom is -0.496 e. The molecule has 1 amide bonds. The van der Waals surface area contributed by atoms with Crippen LogP contribution in [0.15, 0.2) is 18.2 Å². The topological polar surface area (TPSA) is 90.0 Å². The molecule has 27 heavy (non-hydrogen) atoms. The molecule has 7 nitrogen and oxygen atoms in total. The molecule has 1 aliphatic heterocycles. The van der Waals surface area contributed by atoms with Gasteiger partial charge in [0.05, 0.1) is 18.6 Å². The van der Waals surface area contributed by atoms with Gasteiger partial charge < -0.3 is 14.4 Å². The minimum absolute atomic E-state index is 0.0564. The first-order valence-electron chi connectivity index (χ1n) is 8.70. The molecule has 0 saturated carbocycles. The Morgan fingerprint density at radius 1 is 1.37 bits per heavy atom. The standard InChI is InChI=1S/C18H24ClNO6S/c1-4-12(2)20(14-7-8-27(23,24)11-14)17(21)10-26-18(22)15-9-13(19)5-6-16(15)25-3/h5-6,9,12,14H,4,7-8,10-11H2,1-3H3/t12-,14-/m0/s1. The summed E-state index contributed by atoms with van der Waals surface area (Å²) in [5.41, 5.74) is 0.122. The van der Waals surface area contributed by atoms with Crippen LogP contribution in [0.4, 0.5) is 0 Å². The molecule has 2 rings (SSSR count). The zero-order chi connectivity index (χ0) is 20.2. The van der Waals surface area contributed by atoms with Gasteiger partial charge in [-0.1, -0.05) is 18.5 Å². The van der Waals surface area contributed by atoms with Crippen LogP contribution in [0.3, 0.4) is 0 Å². The minimum atomic E-state index is -3.14. The van der Waals surface area contributed by atoms with Crippen molar-refractivity contribution in [1.29, 1.82) is 0 Å². The lowest BCUT2D eigenvalue weighted by molar-refractivity contribution is -0.138. The molecule has 150 valence electrons. The fourth-order valence-corrected chi connectivity index (χ4v) is 5.00. The summed E-state index contributed by atoms with van der Waals surface area (Å²) in [4.78, 5) is 26.6. The van der Waals surface area contributed by atoms with Crippen molar-refractivity contribution in [3.63, 3.8) is 0 Å². The Kier molecular flexibility index (Phi) is 7.11. The Bertz CT molecular complexity index is 810. The molecule has 0 aliphatic carbocycles. The number of benzene rings is 1. The summed E-state index contributed by atoms with van der Waals surface area (Å²) >= 11 is 5.91. The number of carbonyl (C=O) groups is 2. The van der Waals surface area contributed by atoms with Gasteiger partial charge in [0.1, 0.15) is 11.3 Å². The molecule has 0 N–H and O–H groups in total. The number of carbonyl (C=O) groups excluding carboxylic acids is 2. The maximum absolute atomic E-state index is 12.7. The summed E-state index contributed by atoms with van der Waals surface area (Å²) in [5, 5.41) is 0.339. The molecule has 0 aromatic heterocycles. The number of methoxy groups -OCH3 is 1. The number of hydrogen-bond donors (Lipinski definition) is 0. The van der Waals surface area contributed by atoms with Crippen molar-refractivity contribution in [1.82, 2.24) is 4.90 Å². The zero-order valence-electron chi connectivity index (χ0n) is 15.6. The highest BCUT2D eigenvalue weighted by Gasteiger charge is 2.36. The molecule has 9 heteroatoms. The van der Waals surface area contributed by atoms with Crippen LogP contribution < -0.4 is 4.74 Å². The van der Waals surface area contributed by atoms with Crippen molar-refractivity contribution in [2.24, 2.45) is 0 Å². The van der Waals surface area contributed by atoms with Crippen molar-refractivity contribution >= 4 is 33.3 Å². The molecule has 0 unspecified atom stereocenters. The van der Waals surface area contributed by atoms with Crippen LogP contribution >= 0.6 is 11.6 Å². The summed E-state index contributed by atoms with van der Waals surface area (Å²) in [7, 11) is -1.72. The van der Waals surface area contributed by atoms with Crippen LogP contribution in [0, 0.1) is 0 Å². The number of rotatable bonds is 7. The first-order chi connectivity index (χ1) is 12.7. The van der Waals surface area contributed by atoms with E-state index in [2.05, 4.69) is 0 Å². The largest absolute Gasteiger partial charge is 0.496 e. The van der Waals surface area contributed by atoms with Gasteiger partial charge in [0.2, 0.25) is 0 Å². The average Bonchev–Trinajstić information content (AvgIpc) is 2.98. The van der Waals surface area contributed by atoms with E-state index in [1.807, 2.05) is 13.8 Å². The van der Waals surface area contributed by atoms with Crippen LogP contribution in [0.1, 0.15) is 37.0 Å². The molecule has 1 heterocycles. The molecule has 0 bridgehead atoms. The Hall–Kier alpha value is -1.80. The molecule has 1 aliphatic rings. The van der Waals surface area contributed by atoms with Gasteiger partial charge in [0.15, 0.2) is 16.4 Å². The summed E-state index contributed by atoms with van der Waals surface area (Å²) in [6.07, 6.45) is 1.06. The normalized spacial score (nSPS) is 19.3. The molecular formula is C18H24ClNO6S. The smallest absolute Gasteiger partial charge is 0.342 e. The van der Waals surface area contributed by atoms with E-state index in [4.69, 9.17) is 21.1 Å². The van der Waals surface area contributed by atoms with Crippen molar-refractivity contribution in [3.8, 4) is 5.75 Å². The van der Waals surface area contributed by atoms with E-state index in [0.29, 0.717) is 17.9 Å². The van der Waals surface area contributed by atoms with Gasteiger partial charge in [0, 0.05) is 17.1 Å². The van der Waals surface area contributed by atoms with Gasteiger partial charge in [-0.25, -0.2) is 13.2 Å². The number of nitrogens with zero attached hydrogens (tertiary/aromatic N) is 1. The molecular weight excluding hydrogens is 394 g/mol. The lowest BCUT2D eigenvalue weighted by Crippen LogP contribution is -2.48. The first-order valence-corrected chi connectivity index (χ1v) is 10.9. The quantitative estimate of drug-likeness (QED) is 0.632. The molecule has 0 radical (unpaired) electrons. The third-order valence-corrected chi connectivity index (χ3v) is 6.65. The number of ether oxygens (including phenoxy) is 2. The Labute approximate surface area is 164 Å². The van der Waals surface area contributed by atoms with Gasteiger partial charge in [-0.05, 0) is 38.0 Å². The van der Waals surface area contributed by atoms with Gasteiger partial charge >= 0.3 is 5.97 Å². The number of hydrogen-bond acceptors (Lipinski definition) is 6. The van der Waals surface area contributed by atoms with E-state index < -0.39 is 34.4 Å². The van der Waals surface area contributed by atoms with Gasteiger partial charge in [-0.3, -0.25) is 4.79 Å². The maximum Gasteiger partial charge on any atom is 0.342 e. The lowest BCUT2D eigenvalue weighted by atomic mass is 10.1. The van der Waals surface area contributed by atoms with Gasteiger partial charge in [0.25, 0.3) is 5.91 Å². The van der Waals surface area contributed by atoms with Gasteiger partial charge in [-0.15, -0.1) is 0 Å². The van der Waals surface area contributed by atoms with Crippen LogP contribution in [0.5, 0.6) is 5.75 Å². The van der Waals surface area contributed by atoms with E-state index in [9.17, 15) is 18.0 Å². The summed E-state index contributed by atoms with van der Waals surface area (Å²) < 4.78 is 33.8. The third-order valence-electron chi connectivity index (χ3n) is 4.66. The number of halogens is 1. The number of esters is 1. The van der Waals surface area contributed by atoms with Gasteiger partial charge in [-0.2, -0.15) is 0 Å². The first kappa shape index (κ1) is 21.5. The van der Waals surface area contributed by atoms with Crippen LogP contribution in [-0.2, 0) is 19.4 Å². The molecule has 1 saturated heterocycles. The van der Waals surface area contributed by atoms with Crippen molar-refractivity contribution in [2.45, 2.75) is 38.8 Å². The van der Waals surface area contributed by atoms with E-state index in [0.717, 1.165) is 0 Å². The zero-order valence-corrected chi connectivity index (χ0v) is 17.2. The maximum atomic E-state index is 12.7. The summed E-state index contributed by atoms with van der Waals surface area (Å²) in [5.74, 6) is -0.847. The third kappa shape index (κ3) is 5.35. The van der Waals surface area contributed by atoms with Crippen molar-refractivity contribution in [3.05, 3.63) is 28.8 Å². The lowest BCUT2D eigenvalue weighted by Gasteiger charge is -2.33. The van der Waals surface area contributed by atoms with E-state index in [1.165, 1.54) is 24.1 Å². The van der Waals surface area contributed by atoms with E-state index >= 15 is 0 Å². The molecule has 0 spiro atoms. The highest BCUT2D eigenvalue weighted by molar-refractivity contribution is 7.91. The fraction of sp³-hybridized carbons (Fsp3) is 0.556. The second-order valence-corrected chi connectivity index (χ2v) is 9.20. The second kappa shape index (κ2) is 8.93. The number of amides is 1. The summed E-state index contributed by atoms with van der Waals surface area (Å²) in [6, 6.07) is 3.97. The molecule has 1 aromatic carbocycles. The Morgan fingerprint density at radius 2 is 2.07 bits per heavy atom. The Morgan fingerprint density at radius 3 is 2.63 bits per heavy atom. The molecule has 1 fully saturated rings. The second-order valence-electron chi connectivity index (χ2n) is 6.54. The molecule has 1 aromatic rings. The SMILES string of the molecule is CC[C@H](C)N(C(=O)COC(=O)c1cc(Cl)ccc1OC)[C@H]1CCS(=O)(=O)C1. The van der Waals surface area contributed by atoms with Crippen LogP contribution in [0.2, 0.25) is 5.02 Å². The van der Waals surface area contributed by atoms with Crippen molar-refractivity contribution in [2.75, 3.05) is 25.2 Å². The predicted molar refractivity (Wildman–Crippen MR) is 102 cm³/mol. The monoisotopic (exact) mass is 417 g/mol. The van der Waals surface area contributed by atoms with E-state index in [-0.39, 0.29) is 28.9 Å². The van der Waals surface area contributed by atoms with Crippen LogP contribution in [0.25, 0.3) is 0 Å². The number of sulfone groups is 1. The molecule has 2 atom stereocenters.